The average molecular weight is 427 g/mol. The van der Waals surface area contributed by atoms with Gasteiger partial charge in [-0.05, 0) is 60.9 Å². The lowest BCUT2D eigenvalue weighted by Gasteiger charge is -2.09. The minimum atomic E-state index is -0.308. The van der Waals surface area contributed by atoms with Gasteiger partial charge in [-0.15, -0.1) is 0 Å². The Kier molecular flexibility index (Phi) is 6.42. The third-order valence-corrected chi connectivity index (χ3v) is 4.91. The largest absolute Gasteiger partial charge is 0.352 e. The highest BCUT2D eigenvalue weighted by atomic mass is 19.1. The molecule has 4 rings (SSSR count). The van der Waals surface area contributed by atoms with Crippen LogP contribution in [0, 0.1) is 17.7 Å². The first-order valence-corrected chi connectivity index (χ1v) is 10.2. The van der Waals surface area contributed by atoms with Crippen LogP contribution in [0.5, 0.6) is 0 Å². The molecule has 2 aromatic carbocycles. The predicted molar refractivity (Wildman–Crippen MR) is 120 cm³/mol. The molecule has 1 amide bonds. The smallest absolute Gasteiger partial charge is 0.251 e. The molecule has 0 aliphatic carbocycles. The van der Waals surface area contributed by atoms with Crippen LogP contribution in [0.2, 0.25) is 0 Å². The molecule has 0 spiro atoms. The summed E-state index contributed by atoms with van der Waals surface area (Å²) in [5.41, 5.74) is 3.84. The summed E-state index contributed by atoms with van der Waals surface area (Å²) < 4.78 is 16.8. The van der Waals surface area contributed by atoms with Gasteiger partial charge >= 0.3 is 0 Å². The Balaban J connectivity index is 1.49. The molecule has 0 unspecified atom stereocenters. The van der Waals surface area contributed by atoms with Crippen molar-refractivity contribution in [2.24, 2.45) is 7.05 Å². The quantitative estimate of drug-likeness (QED) is 0.378. The second kappa shape index (κ2) is 9.75. The number of hydrogen-bond acceptors (Lipinski definition) is 3. The fraction of sp³-hybridized carbons (Fsp3) is 0.160. The van der Waals surface area contributed by atoms with E-state index < -0.39 is 0 Å². The number of halogens is 1. The molecule has 2 heterocycles. The molecule has 0 bridgehead atoms. The van der Waals surface area contributed by atoms with Crippen molar-refractivity contribution in [2.45, 2.75) is 12.8 Å². The van der Waals surface area contributed by atoms with Gasteiger partial charge in [0.2, 0.25) is 0 Å². The second-order valence-electron chi connectivity index (χ2n) is 7.34. The van der Waals surface area contributed by atoms with Crippen LogP contribution in [0.15, 0.2) is 73.6 Å². The van der Waals surface area contributed by atoms with Gasteiger partial charge in [-0.3, -0.25) is 9.48 Å². The number of imidazole rings is 1. The Morgan fingerprint density at radius 2 is 2.00 bits per heavy atom. The van der Waals surface area contributed by atoms with Crippen molar-refractivity contribution in [1.29, 1.82) is 0 Å². The first kappa shape index (κ1) is 21.1. The number of rotatable bonds is 6. The molecule has 0 aliphatic rings. The van der Waals surface area contributed by atoms with Gasteiger partial charge < -0.3 is 9.88 Å². The van der Waals surface area contributed by atoms with Gasteiger partial charge in [0.1, 0.15) is 5.82 Å². The Morgan fingerprint density at radius 1 is 1.16 bits per heavy atom. The molecule has 0 radical (unpaired) electrons. The molecule has 0 saturated carbocycles. The van der Waals surface area contributed by atoms with E-state index >= 15 is 0 Å². The molecular formula is C25H22FN5O. The number of benzene rings is 2. The topological polar surface area (TPSA) is 64.7 Å². The number of aryl methyl sites for hydroxylation is 2. The second-order valence-corrected chi connectivity index (χ2v) is 7.34. The minimum Gasteiger partial charge on any atom is -0.352 e. The van der Waals surface area contributed by atoms with E-state index in [0.29, 0.717) is 23.2 Å². The van der Waals surface area contributed by atoms with Crippen LogP contribution in [0.1, 0.15) is 33.5 Å². The first-order chi connectivity index (χ1) is 15.6. The molecule has 2 aromatic heterocycles. The normalized spacial score (nSPS) is 10.4. The van der Waals surface area contributed by atoms with Gasteiger partial charge in [-0.25, -0.2) is 9.37 Å². The van der Waals surface area contributed by atoms with E-state index in [4.69, 9.17) is 0 Å². The van der Waals surface area contributed by atoms with Crippen LogP contribution < -0.4 is 5.32 Å². The lowest BCUT2D eigenvalue weighted by molar-refractivity contribution is 0.0953. The van der Waals surface area contributed by atoms with E-state index in [-0.39, 0.29) is 11.7 Å². The van der Waals surface area contributed by atoms with E-state index in [1.807, 2.05) is 36.3 Å². The van der Waals surface area contributed by atoms with Gasteiger partial charge in [-0.1, -0.05) is 11.8 Å². The summed E-state index contributed by atoms with van der Waals surface area (Å²) >= 11 is 0. The lowest BCUT2D eigenvalue weighted by Crippen LogP contribution is -2.25. The van der Waals surface area contributed by atoms with Crippen molar-refractivity contribution in [3.63, 3.8) is 0 Å². The average Bonchev–Trinajstić information content (AvgIpc) is 3.48. The molecule has 6 nitrogen and oxygen atoms in total. The molecule has 32 heavy (non-hydrogen) atoms. The molecule has 0 saturated heterocycles. The Bertz CT molecular complexity index is 1260. The Labute approximate surface area is 185 Å². The Morgan fingerprint density at radius 3 is 2.72 bits per heavy atom. The molecular weight excluding hydrogens is 405 g/mol. The number of carbonyl (C=O) groups excluding carboxylic acids is 1. The van der Waals surface area contributed by atoms with Crippen LogP contribution in [-0.4, -0.2) is 31.8 Å². The van der Waals surface area contributed by atoms with Crippen molar-refractivity contribution in [2.75, 3.05) is 6.54 Å². The van der Waals surface area contributed by atoms with Gasteiger partial charge in [-0.2, -0.15) is 5.10 Å². The Hall–Kier alpha value is -4.18. The molecule has 0 aliphatic heterocycles. The number of amides is 1. The lowest BCUT2D eigenvalue weighted by atomic mass is 10.1. The zero-order chi connectivity index (χ0) is 22.3. The van der Waals surface area contributed by atoms with Crippen LogP contribution in [0.4, 0.5) is 4.39 Å². The first-order valence-electron chi connectivity index (χ1n) is 10.2. The highest BCUT2D eigenvalue weighted by Crippen LogP contribution is 2.16. The summed E-state index contributed by atoms with van der Waals surface area (Å²) in [7, 11) is 1.88. The highest BCUT2D eigenvalue weighted by Gasteiger charge is 2.10. The number of aromatic nitrogens is 4. The molecule has 160 valence electrons. The van der Waals surface area contributed by atoms with E-state index in [1.165, 1.54) is 12.1 Å². The SMILES string of the molecule is Cn1cc(CCCNC(=O)c2ccc(-n3ccnc3)c(C#Cc3ccc(F)cc3)c2)cn1. The summed E-state index contributed by atoms with van der Waals surface area (Å²) in [5.74, 6) is 5.69. The standard InChI is InChI=1S/C25H22FN5O/c1-30-17-20(16-29-30)3-2-12-28-25(32)22-8-11-24(31-14-13-27-18-31)21(15-22)7-4-19-5-9-23(26)10-6-19/h5-6,8-11,13-18H,2-3,12H2,1H3,(H,28,32). The minimum absolute atomic E-state index is 0.154. The third-order valence-electron chi connectivity index (χ3n) is 4.91. The van der Waals surface area contributed by atoms with E-state index in [1.54, 1.807) is 41.5 Å². The molecule has 4 aromatic rings. The van der Waals surface area contributed by atoms with Gasteiger partial charge in [0.15, 0.2) is 0 Å². The predicted octanol–water partition coefficient (Wildman–Crippen LogP) is 3.51. The van der Waals surface area contributed by atoms with Crippen LogP contribution in [0.3, 0.4) is 0 Å². The maximum absolute atomic E-state index is 13.2. The number of nitrogens with zero attached hydrogens (tertiary/aromatic N) is 4. The van der Waals surface area contributed by atoms with Crippen molar-refractivity contribution in [1.82, 2.24) is 24.6 Å². The summed E-state index contributed by atoms with van der Waals surface area (Å²) in [5, 5.41) is 7.11. The van der Waals surface area contributed by atoms with Gasteiger partial charge in [0, 0.05) is 48.9 Å². The summed E-state index contributed by atoms with van der Waals surface area (Å²) in [4.78, 5) is 16.8. The summed E-state index contributed by atoms with van der Waals surface area (Å²) in [6.07, 6.45) is 10.7. The third kappa shape index (κ3) is 5.29. The number of hydrogen-bond donors (Lipinski definition) is 1. The van der Waals surface area contributed by atoms with Crippen molar-refractivity contribution in [3.05, 3.63) is 102 Å². The van der Waals surface area contributed by atoms with Crippen molar-refractivity contribution < 1.29 is 9.18 Å². The monoisotopic (exact) mass is 427 g/mol. The van der Waals surface area contributed by atoms with Crippen LogP contribution in [-0.2, 0) is 13.5 Å². The van der Waals surface area contributed by atoms with Crippen molar-refractivity contribution >= 4 is 5.91 Å². The van der Waals surface area contributed by atoms with Crippen molar-refractivity contribution in [3.8, 4) is 17.5 Å². The fourth-order valence-electron chi connectivity index (χ4n) is 3.27. The van der Waals surface area contributed by atoms with Crippen LogP contribution in [0.25, 0.3) is 5.69 Å². The number of carbonyl (C=O) groups is 1. The maximum Gasteiger partial charge on any atom is 0.251 e. The number of nitrogens with one attached hydrogen (secondary N) is 1. The van der Waals surface area contributed by atoms with Gasteiger partial charge in [0.05, 0.1) is 18.2 Å². The summed E-state index contributed by atoms with van der Waals surface area (Å²) in [6.45, 7) is 0.563. The van der Waals surface area contributed by atoms with Crippen LogP contribution >= 0.6 is 0 Å². The molecule has 1 N–H and O–H groups in total. The van der Waals surface area contributed by atoms with E-state index in [2.05, 4.69) is 27.2 Å². The molecule has 0 atom stereocenters. The van der Waals surface area contributed by atoms with Gasteiger partial charge in [0.25, 0.3) is 5.91 Å². The molecule has 0 fully saturated rings. The maximum atomic E-state index is 13.2. The zero-order valence-corrected chi connectivity index (χ0v) is 17.6. The fourth-order valence-corrected chi connectivity index (χ4v) is 3.27. The van der Waals surface area contributed by atoms with E-state index in [9.17, 15) is 9.18 Å². The van der Waals surface area contributed by atoms with E-state index in [0.717, 1.165) is 24.1 Å². The molecule has 7 heteroatoms. The zero-order valence-electron chi connectivity index (χ0n) is 17.6. The highest BCUT2D eigenvalue weighted by molar-refractivity contribution is 5.95. The summed E-state index contributed by atoms with van der Waals surface area (Å²) in [6, 6.07) is 11.4.